The quantitative estimate of drug-likeness (QED) is 0.652. The van der Waals surface area contributed by atoms with Crippen molar-refractivity contribution in [3.63, 3.8) is 0 Å². The van der Waals surface area contributed by atoms with Crippen molar-refractivity contribution in [2.24, 2.45) is 5.92 Å². The molecule has 2 amide bonds. The van der Waals surface area contributed by atoms with E-state index in [9.17, 15) is 9.59 Å². The van der Waals surface area contributed by atoms with E-state index in [-0.39, 0.29) is 18.0 Å². The first kappa shape index (κ1) is 13.5. The zero-order valence-corrected chi connectivity index (χ0v) is 10.2. The molecule has 0 saturated heterocycles. The number of amides is 2. The Bertz CT molecular complexity index is 315. The number of nitrogens with one attached hydrogen (secondary N) is 2. The second-order valence-electron chi connectivity index (χ2n) is 4.68. The molecule has 2 unspecified atom stereocenters. The fourth-order valence-electron chi connectivity index (χ4n) is 2.01. The molecule has 5 nitrogen and oxygen atoms in total. The van der Waals surface area contributed by atoms with Crippen LogP contribution in [0.15, 0.2) is 12.2 Å². The van der Waals surface area contributed by atoms with Crippen LogP contribution in [-0.2, 0) is 4.79 Å². The van der Waals surface area contributed by atoms with Gasteiger partial charge in [-0.15, -0.1) is 0 Å². The number of carboxylic acids is 1. The van der Waals surface area contributed by atoms with Gasteiger partial charge in [0, 0.05) is 12.6 Å². The Labute approximate surface area is 101 Å². The Balaban J connectivity index is 2.33. The second-order valence-corrected chi connectivity index (χ2v) is 4.68. The van der Waals surface area contributed by atoms with Crippen molar-refractivity contribution in [2.75, 3.05) is 6.54 Å². The van der Waals surface area contributed by atoms with Crippen LogP contribution in [0.3, 0.4) is 0 Å². The average molecular weight is 240 g/mol. The molecule has 0 spiro atoms. The highest BCUT2D eigenvalue weighted by Crippen LogP contribution is 2.24. The first-order valence-corrected chi connectivity index (χ1v) is 5.90. The van der Waals surface area contributed by atoms with E-state index < -0.39 is 5.97 Å². The average Bonchev–Trinajstić information content (AvgIpc) is 2.26. The van der Waals surface area contributed by atoms with Crippen LogP contribution in [0.25, 0.3) is 0 Å². The van der Waals surface area contributed by atoms with Crippen molar-refractivity contribution >= 4 is 12.0 Å². The van der Waals surface area contributed by atoms with Crippen LogP contribution in [0.2, 0.25) is 0 Å². The van der Waals surface area contributed by atoms with Gasteiger partial charge >= 0.3 is 12.0 Å². The molecule has 5 heteroatoms. The summed E-state index contributed by atoms with van der Waals surface area (Å²) in [5, 5.41) is 14.4. The van der Waals surface area contributed by atoms with Gasteiger partial charge in [-0.3, -0.25) is 4.79 Å². The number of urea groups is 1. The minimum Gasteiger partial charge on any atom is -0.481 e. The number of hydrogen-bond acceptors (Lipinski definition) is 2. The molecule has 1 saturated carbocycles. The maximum atomic E-state index is 11.5. The van der Waals surface area contributed by atoms with E-state index in [0.29, 0.717) is 19.4 Å². The van der Waals surface area contributed by atoms with Crippen LogP contribution in [0.4, 0.5) is 4.79 Å². The van der Waals surface area contributed by atoms with Gasteiger partial charge in [0.05, 0.1) is 5.92 Å². The molecule has 0 aromatic heterocycles. The molecule has 1 aliphatic carbocycles. The molecular formula is C12H20N2O3. The van der Waals surface area contributed by atoms with E-state index in [1.807, 2.05) is 6.92 Å². The van der Waals surface area contributed by atoms with Crippen molar-refractivity contribution in [1.29, 1.82) is 0 Å². The molecular weight excluding hydrogens is 220 g/mol. The summed E-state index contributed by atoms with van der Waals surface area (Å²) < 4.78 is 0. The van der Waals surface area contributed by atoms with Crippen LogP contribution >= 0.6 is 0 Å². The normalized spacial score (nSPS) is 23.8. The van der Waals surface area contributed by atoms with Crippen LogP contribution in [-0.4, -0.2) is 29.7 Å². The molecule has 0 radical (unpaired) electrons. The first-order chi connectivity index (χ1) is 7.99. The molecule has 0 aromatic rings. The third kappa shape index (κ3) is 4.89. The predicted molar refractivity (Wildman–Crippen MR) is 64.7 cm³/mol. The molecule has 1 fully saturated rings. The van der Waals surface area contributed by atoms with Gasteiger partial charge in [0.2, 0.25) is 0 Å². The van der Waals surface area contributed by atoms with Crippen LogP contribution in [0.5, 0.6) is 0 Å². The number of carboxylic acid groups (broad SMARTS) is 1. The van der Waals surface area contributed by atoms with Crippen molar-refractivity contribution in [3.8, 4) is 0 Å². The van der Waals surface area contributed by atoms with Crippen molar-refractivity contribution < 1.29 is 14.7 Å². The minimum atomic E-state index is -0.765. The number of carbonyl (C=O) groups excluding carboxylic acids is 1. The summed E-state index contributed by atoms with van der Waals surface area (Å²) in [7, 11) is 0. The van der Waals surface area contributed by atoms with Crippen molar-refractivity contribution in [2.45, 2.75) is 38.6 Å². The lowest BCUT2D eigenvalue weighted by molar-refractivity contribution is -0.143. The summed E-state index contributed by atoms with van der Waals surface area (Å²) in [6.07, 6.45) is 2.93. The standard InChI is InChI=1S/C12H20N2O3/c1-8(2)7-13-12(17)14-10-5-3-4-9(6-10)11(15)16/h9-10H,1,3-7H2,2H3,(H,15,16)(H2,13,14,17). The maximum Gasteiger partial charge on any atom is 0.315 e. The molecule has 1 rings (SSSR count). The van der Waals surface area contributed by atoms with Gasteiger partial charge in [-0.2, -0.15) is 0 Å². The molecule has 1 aliphatic rings. The highest BCUT2D eigenvalue weighted by atomic mass is 16.4. The summed E-state index contributed by atoms with van der Waals surface area (Å²) in [5.41, 5.74) is 0.882. The summed E-state index contributed by atoms with van der Waals surface area (Å²) >= 11 is 0. The van der Waals surface area contributed by atoms with Crippen molar-refractivity contribution in [3.05, 3.63) is 12.2 Å². The van der Waals surface area contributed by atoms with E-state index in [4.69, 9.17) is 5.11 Å². The summed E-state index contributed by atoms with van der Waals surface area (Å²) in [6, 6.07) is -0.279. The number of carbonyl (C=O) groups is 2. The smallest absolute Gasteiger partial charge is 0.315 e. The summed E-state index contributed by atoms with van der Waals surface area (Å²) in [5.74, 6) is -1.09. The first-order valence-electron chi connectivity index (χ1n) is 5.90. The minimum absolute atomic E-state index is 0.0324. The Kier molecular flexibility index (Phi) is 5.00. The van der Waals surface area contributed by atoms with E-state index in [1.165, 1.54) is 0 Å². The highest BCUT2D eigenvalue weighted by molar-refractivity contribution is 5.75. The summed E-state index contributed by atoms with van der Waals surface area (Å²) in [4.78, 5) is 22.3. The molecule has 3 N–H and O–H groups in total. The maximum absolute atomic E-state index is 11.5. The molecule has 96 valence electrons. The Morgan fingerprint density at radius 1 is 1.41 bits per heavy atom. The van der Waals surface area contributed by atoms with E-state index in [1.54, 1.807) is 0 Å². The van der Waals surface area contributed by atoms with Gasteiger partial charge in [-0.1, -0.05) is 18.6 Å². The van der Waals surface area contributed by atoms with Crippen LogP contribution < -0.4 is 10.6 Å². The molecule has 17 heavy (non-hydrogen) atoms. The largest absolute Gasteiger partial charge is 0.481 e. The molecule has 0 heterocycles. The third-order valence-corrected chi connectivity index (χ3v) is 2.91. The molecule has 2 atom stereocenters. The SMILES string of the molecule is C=C(C)CNC(=O)NC1CCCC(C(=O)O)C1. The van der Waals surface area contributed by atoms with Gasteiger partial charge in [-0.05, 0) is 26.2 Å². The number of rotatable bonds is 4. The summed E-state index contributed by atoms with van der Waals surface area (Å²) in [6.45, 7) is 5.97. The lowest BCUT2D eigenvalue weighted by atomic mass is 9.86. The van der Waals surface area contributed by atoms with E-state index >= 15 is 0 Å². The fraction of sp³-hybridized carbons (Fsp3) is 0.667. The lowest BCUT2D eigenvalue weighted by Gasteiger charge is -2.27. The predicted octanol–water partition coefficient (Wildman–Crippen LogP) is 1.51. The Morgan fingerprint density at radius 3 is 2.71 bits per heavy atom. The zero-order chi connectivity index (χ0) is 12.8. The van der Waals surface area contributed by atoms with Crippen LogP contribution in [0.1, 0.15) is 32.6 Å². The monoisotopic (exact) mass is 240 g/mol. The molecule has 0 aromatic carbocycles. The second kappa shape index (κ2) is 6.27. The Hall–Kier alpha value is -1.52. The van der Waals surface area contributed by atoms with Gasteiger partial charge in [0.15, 0.2) is 0 Å². The van der Waals surface area contributed by atoms with E-state index in [0.717, 1.165) is 18.4 Å². The topological polar surface area (TPSA) is 78.4 Å². The highest BCUT2D eigenvalue weighted by Gasteiger charge is 2.27. The zero-order valence-electron chi connectivity index (χ0n) is 10.2. The number of aliphatic carboxylic acids is 1. The van der Waals surface area contributed by atoms with Crippen molar-refractivity contribution in [1.82, 2.24) is 10.6 Å². The molecule has 0 bridgehead atoms. The van der Waals surface area contributed by atoms with Gasteiger partial charge in [0.25, 0.3) is 0 Å². The third-order valence-electron chi connectivity index (χ3n) is 2.91. The van der Waals surface area contributed by atoms with Gasteiger partial charge < -0.3 is 15.7 Å². The van der Waals surface area contributed by atoms with Gasteiger partial charge in [0.1, 0.15) is 0 Å². The fourth-order valence-corrected chi connectivity index (χ4v) is 2.01. The van der Waals surface area contributed by atoms with Gasteiger partial charge in [-0.25, -0.2) is 4.79 Å². The Morgan fingerprint density at radius 2 is 2.12 bits per heavy atom. The van der Waals surface area contributed by atoms with E-state index in [2.05, 4.69) is 17.2 Å². The van der Waals surface area contributed by atoms with Crippen LogP contribution in [0, 0.1) is 5.92 Å². The molecule has 0 aliphatic heterocycles. The number of hydrogen-bond donors (Lipinski definition) is 3. The lowest BCUT2D eigenvalue weighted by Crippen LogP contribution is -2.45.